The molecule has 106 valence electrons. The second-order valence-corrected chi connectivity index (χ2v) is 5.88. The third kappa shape index (κ3) is 4.13. The zero-order valence-corrected chi connectivity index (χ0v) is 12.3. The van der Waals surface area contributed by atoms with Crippen LogP contribution in [0.5, 0.6) is 0 Å². The summed E-state index contributed by atoms with van der Waals surface area (Å²) in [6.07, 6.45) is 1.37. The molecule has 0 atom stereocenters. The van der Waals surface area contributed by atoms with Crippen LogP contribution in [0.1, 0.15) is 26.7 Å². The van der Waals surface area contributed by atoms with E-state index in [-0.39, 0.29) is 11.7 Å². The van der Waals surface area contributed by atoms with Crippen LogP contribution in [0.4, 0.5) is 9.52 Å². The van der Waals surface area contributed by atoms with E-state index in [1.165, 1.54) is 23.5 Å². The van der Waals surface area contributed by atoms with E-state index in [4.69, 9.17) is 0 Å². The number of carbonyl (C=O) groups is 1. The lowest BCUT2D eigenvalue weighted by Gasteiger charge is -2.03. The van der Waals surface area contributed by atoms with Gasteiger partial charge in [0.05, 0.1) is 5.69 Å². The molecule has 0 aliphatic heterocycles. The van der Waals surface area contributed by atoms with Gasteiger partial charge >= 0.3 is 0 Å². The van der Waals surface area contributed by atoms with Gasteiger partial charge < -0.3 is 5.32 Å². The number of rotatable bonds is 5. The Morgan fingerprint density at radius 1 is 1.35 bits per heavy atom. The maximum Gasteiger partial charge on any atom is 0.226 e. The summed E-state index contributed by atoms with van der Waals surface area (Å²) < 4.78 is 12.9. The van der Waals surface area contributed by atoms with Gasteiger partial charge in [-0.15, -0.1) is 11.3 Å². The van der Waals surface area contributed by atoms with E-state index in [9.17, 15) is 9.18 Å². The first-order chi connectivity index (χ1) is 9.54. The monoisotopic (exact) mass is 292 g/mol. The number of anilines is 1. The van der Waals surface area contributed by atoms with Crippen molar-refractivity contribution < 1.29 is 9.18 Å². The Morgan fingerprint density at radius 3 is 2.70 bits per heavy atom. The number of hydrogen-bond acceptors (Lipinski definition) is 3. The third-order valence-corrected chi connectivity index (χ3v) is 3.60. The predicted molar refractivity (Wildman–Crippen MR) is 80.2 cm³/mol. The molecule has 0 unspecified atom stereocenters. The molecule has 1 aromatic carbocycles. The van der Waals surface area contributed by atoms with Gasteiger partial charge in [-0.05, 0) is 36.6 Å². The molecule has 0 spiro atoms. The van der Waals surface area contributed by atoms with Gasteiger partial charge in [0.2, 0.25) is 5.91 Å². The summed E-state index contributed by atoms with van der Waals surface area (Å²) >= 11 is 1.37. The number of nitrogens with one attached hydrogen (secondary N) is 1. The number of halogens is 1. The lowest BCUT2D eigenvalue weighted by atomic mass is 10.1. The lowest BCUT2D eigenvalue weighted by molar-refractivity contribution is -0.116. The molecule has 1 amide bonds. The third-order valence-electron chi connectivity index (χ3n) is 2.84. The highest BCUT2D eigenvalue weighted by molar-refractivity contribution is 7.14. The smallest absolute Gasteiger partial charge is 0.226 e. The van der Waals surface area contributed by atoms with Crippen molar-refractivity contribution in [1.82, 2.24) is 4.98 Å². The van der Waals surface area contributed by atoms with Gasteiger partial charge in [0.25, 0.3) is 0 Å². The van der Waals surface area contributed by atoms with E-state index >= 15 is 0 Å². The molecule has 1 aromatic heterocycles. The number of thiazole rings is 1. The van der Waals surface area contributed by atoms with Crippen LogP contribution in [0.2, 0.25) is 0 Å². The largest absolute Gasteiger partial charge is 0.302 e. The zero-order valence-electron chi connectivity index (χ0n) is 11.5. The van der Waals surface area contributed by atoms with Gasteiger partial charge in [0.1, 0.15) is 5.82 Å². The number of benzene rings is 1. The Kier molecular flexibility index (Phi) is 4.84. The van der Waals surface area contributed by atoms with Gasteiger partial charge in [-0.1, -0.05) is 13.8 Å². The minimum atomic E-state index is -0.272. The van der Waals surface area contributed by atoms with Crippen LogP contribution < -0.4 is 5.32 Å². The van der Waals surface area contributed by atoms with Crippen molar-refractivity contribution in [2.45, 2.75) is 26.7 Å². The van der Waals surface area contributed by atoms with Crippen LogP contribution in [-0.2, 0) is 4.79 Å². The van der Waals surface area contributed by atoms with Gasteiger partial charge in [-0.3, -0.25) is 4.79 Å². The molecule has 0 aliphatic carbocycles. The van der Waals surface area contributed by atoms with Gasteiger partial charge in [0, 0.05) is 17.4 Å². The Labute approximate surface area is 121 Å². The van der Waals surface area contributed by atoms with Crippen molar-refractivity contribution in [3.05, 3.63) is 35.5 Å². The number of hydrogen-bond donors (Lipinski definition) is 1. The second kappa shape index (κ2) is 6.61. The van der Waals surface area contributed by atoms with E-state index in [1.54, 1.807) is 12.1 Å². The molecule has 1 heterocycles. The van der Waals surface area contributed by atoms with E-state index < -0.39 is 0 Å². The Balaban J connectivity index is 1.98. The highest BCUT2D eigenvalue weighted by atomic mass is 32.1. The minimum Gasteiger partial charge on any atom is -0.302 e. The predicted octanol–water partition coefficient (Wildman–Crippen LogP) is 4.32. The van der Waals surface area contributed by atoms with Crippen LogP contribution in [-0.4, -0.2) is 10.9 Å². The van der Waals surface area contributed by atoms with Crippen LogP contribution in [0.3, 0.4) is 0 Å². The molecule has 5 heteroatoms. The first-order valence-corrected chi connectivity index (χ1v) is 7.44. The molecule has 2 rings (SSSR count). The lowest BCUT2D eigenvalue weighted by Crippen LogP contribution is -2.11. The summed E-state index contributed by atoms with van der Waals surface area (Å²) in [5.74, 6) is 0.219. The first-order valence-electron chi connectivity index (χ1n) is 6.56. The van der Waals surface area contributed by atoms with Crippen molar-refractivity contribution >= 4 is 22.4 Å². The van der Waals surface area contributed by atoms with Crippen molar-refractivity contribution in [3.63, 3.8) is 0 Å². The number of amides is 1. The molecule has 3 nitrogen and oxygen atoms in total. The van der Waals surface area contributed by atoms with Gasteiger partial charge in [-0.2, -0.15) is 0 Å². The summed E-state index contributed by atoms with van der Waals surface area (Å²) in [4.78, 5) is 16.1. The van der Waals surface area contributed by atoms with Crippen LogP contribution >= 0.6 is 11.3 Å². The second-order valence-electron chi connectivity index (χ2n) is 5.03. The molecule has 0 fully saturated rings. The highest BCUT2D eigenvalue weighted by Gasteiger charge is 2.08. The summed E-state index contributed by atoms with van der Waals surface area (Å²) in [6.45, 7) is 4.17. The summed E-state index contributed by atoms with van der Waals surface area (Å²) in [7, 11) is 0. The average molecular weight is 292 g/mol. The van der Waals surface area contributed by atoms with Crippen molar-refractivity contribution in [1.29, 1.82) is 0 Å². The van der Waals surface area contributed by atoms with Crippen LogP contribution in [0, 0.1) is 11.7 Å². The standard InChI is InChI=1S/C15H17FN2OS/c1-10(2)3-8-14(19)18-15-17-13(9-20-15)11-4-6-12(16)7-5-11/h4-7,9-10H,3,8H2,1-2H3,(H,17,18,19). The van der Waals surface area contributed by atoms with E-state index in [0.717, 1.165) is 17.7 Å². The molecular weight excluding hydrogens is 275 g/mol. The molecule has 1 N–H and O–H groups in total. The average Bonchev–Trinajstić information content (AvgIpc) is 2.85. The molecule has 2 aromatic rings. The summed E-state index contributed by atoms with van der Waals surface area (Å²) in [5.41, 5.74) is 1.58. The Hall–Kier alpha value is -1.75. The maximum absolute atomic E-state index is 12.9. The van der Waals surface area contributed by atoms with Gasteiger partial charge in [0.15, 0.2) is 5.13 Å². The minimum absolute atomic E-state index is 0.0151. The summed E-state index contributed by atoms with van der Waals surface area (Å²) in [5, 5.41) is 5.23. The molecule has 0 bridgehead atoms. The van der Waals surface area contributed by atoms with E-state index in [0.29, 0.717) is 17.5 Å². The van der Waals surface area contributed by atoms with Crippen LogP contribution in [0.15, 0.2) is 29.6 Å². The van der Waals surface area contributed by atoms with E-state index in [2.05, 4.69) is 24.1 Å². The van der Waals surface area contributed by atoms with Crippen molar-refractivity contribution in [2.75, 3.05) is 5.32 Å². The zero-order chi connectivity index (χ0) is 14.5. The Morgan fingerprint density at radius 2 is 2.05 bits per heavy atom. The number of aromatic nitrogens is 1. The molecule has 20 heavy (non-hydrogen) atoms. The molecule has 0 saturated carbocycles. The van der Waals surface area contributed by atoms with Crippen molar-refractivity contribution in [3.8, 4) is 11.3 Å². The topological polar surface area (TPSA) is 42.0 Å². The van der Waals surface area contributed by atoms with Gasteiger partial charge in [-0.25, -0.2) is 9.37 Å². The molecule has 0 aliphatic rings. The molecule has 0 radical (unpaired) electrons. The fourth-order valence-corrected chi connectivity index (χ4v) is 2.42. The number of carbonyl (C=O) groups excluding carboxylic acids is 1. The maximum atomic E-state index is 12.9. The quantitative estimate of drug-likeness (QED) is 0.891. The summed E-state index contributed by atoms with van der Waals surface area (Å²) in [6, 6.07) is 6.15. The molecule has 0 saturated heterocycles. The Bertz CT molecular complexity index is 578. The number of nitrogens with zero attached hydrogens (tertiary/aromatic N) is 1. The van der Waals surface area contributed by atoms with E-state index in [1.807, 2.05) is 5.38 Å². The normalized spacial score (nSPS) is 10.8. The highest BCUT2D eigenvalue weighted by Crippen LogP contribution is 2.25. The fourth-order valence-electron chi connectivity index (χ4n) is 1.69. The van der Waals surface area contributed by atoms with Crippen molar-refractivity contribution in [2.24, 2.45) is 5.92 Å². The SMILES string of the molecule is CC(C)CCC(=O)Nc1nc(-c2ccc(F)cc2)cs1. The first kappa shape index (κ1) is 14.7. The fraction of sp³-hybridized carbons (Fsp3) is 0.333. The molecular formula is C15H17FN2OS. The van der Waals surface area contributed by atoms with Crippen LogP contribution in [0.25, 0.3) is 11.3 Å².